The molecule has 7 heteroatoms. The molecule has 1 rings (SSSR count). The van der Waals surface area contributed by atoms with E-state index in [4.69, 9.17) is 17.3 Å². The normalized spacial score (nSPS) is 13.8. The number of benzene rings is 1. The van der Waals surface area contributed by atoms with Crippen LogP contribution in [0.4, 0.5) is 11.4 Å². The van der Waals surface area contributed by atoms with Crippen LogP contribution in [0.1, 0.15) is 13.8 Å². The highest BCUT2D eigenvalue weighted by Crippen LogP contribution is 2.31. The zero-order valence-corrected chi connectivity index (χ0v) is 10.8. The number of carbonyl (C=O) groups excluding carboxylic acids is 1. The topological polar surface area (TPSA) is 98.3 Å². The smallest absolute Gasteiger partial charge is 0.290 e. The van der Waals surface area contributed by atoms with Crippen molar-refractivity contribution >= 4 is 28.9 Å². The van der Waals surface area contributed by atoms with Gasteiger partial charge in [0.15, 0.2) is 0 Å². The molecule has 0 spiro atoms. The first kappa shape index (κ1) is 14.4. The summed E-state index contributed by atoms with van der Waals surface area (Å²) in [7, 11) is 0. The first-order chi connectivity index (χ1) is 8.34. The van der Waals surface area contributed by atoms with Gasteiger partial charge >= 0.3 is 0 Å². The van der Waals surface area contributed by atoms with Gasteiger partial charge in [0, 0.05) is 12.1 Å². The SMILES string of the molecule is CC(N)C(C)C(=O)Nc1cccc([N+](=O)[O-])c1Cl. The fourth-order valence-corrected chi connectivity index (χ4v) is 1.48. The number of nitrogens with two attached hydrogens (primary N) is 1. The molecule has 0 aliphatic rings. The molecule has 98 valence electrons. The number of hydrogen-bond acceptors (Lipinski definition) is 4. The minimum absolute atomic E-state index is 0.0901. The van der Waals surface area contributed by atoms with Crippen LogP contribution in [0.15, 0.2) is 18.2 Å². The van der Waals surface area contributed by atoms with Crippen molar-refractivity contribution in [2.24, 2.45) is 11.7 Å². The largest absolute Gasteiger partial charge is 0.327 e. The van der Waals surface area contributed by atoms with Gasteiger partial charge in [-0.15, -0.1) is 0 Å². The maximum atomic E-state index is 11.8. The van der Waals surface area contributed by atoms with Gasteiger partial charge in [0.2, 0.25) is 5.91 Å². The van der Waals surface area contributed by atoms with Crippen LogP contribution in [0.2, 0.25) is 5.02 Å². The number of nitro groups is 1. The second-order valence-corrected chi connectivity index (χ2v) is 4.41. The molecule has 1 aromatic rings. The molecule has 18 heavy (non-hydrogen) atoms. The molecule has 1 amide bonds. The maximum absolute atomic E-state index is 11.8. The molecule has 2 atom stereocenters. The summed E-state index contributed by atoms with van der Waals surface area (Å²) < 4.78 is 0. The summed E-state index contributed by atoms with van der Waals surface area (Å²) in [6.07, 6.45) is 0. The van der Waals surface area contributed by atoms with Gasteiger partial charge in [0.25, 0.3) is 5.69 Å². The van der Waals surface area contributed by atoms with Crippen molar-refractivity contribution < 1.29 is 9.72 Å². The average molecular weight is 272 g/mol. The molecule has 0 aromatic heterocycles. The Kier molecular flexibility index (Phi) is 4.63. The van der Waals surface area contributed by atoms with Gasteiger partial charge in [-0.05, 0) is 13.0 Å². The number of nitrogens with zero attached hydrogens (tertiary/aromatic N) is 1. The third-order valence-electron chi connectivity index (χ3n) is 2.64. The summed E-state index contributed by atoms with van der Waals surface area (Å²) in [4.78, 5) is 21.9. The molecule has 0 bridgehead atoms. The zero-order chi connectivity index (χ0) is 13.9. The summed E-state index contributed by atoms with van der Waals surface area (Å²) in [6, 6.07) is 3.91. The lowest BCUT2D eigenvalue weighted by Crippen LogP contribution is -2.34. The highest BCUT2D eigenvalue weighted by Gasteiger charge is 2.21. The fraction of sp³-hybridized carbons (Fsp3) is 0.364. The molecule has 2 unspecified atom stereocenters. The Labute approximate surface area is 109 Å². The highest BCUT2D eigenvalue weighted by atomic mass is 35.5. The van der Waals surface area contributed by atoms with Gasteiger partial charge < -0.3 is 11.1 Å². The van der Waals surface area contributed by atoms with Crippen LogP contribution in [0.3, 0.4) is 0 Å². The van der Waals surface area contributed by atoms with Crippen LogP contribution in [0.25, 0.3) is 0 Å². The van der Waals surface area contributed by atoms with Crippen LogP contribution in [-0.4, -0.2) is 16.9 Å². The van der Waals surface area contributed by atoms with E-state index in [9.17, 15) is 14.9 Å². The minimum Gasteiger partial charge on any atom is -0.327 e. The van der Waals surface area contributed by atoms with E-state index in [1.807, 2.05) is 0 Å². The lowest BCUT2D eigenvalue weighted by molar-refractivity contribution is -0.384. The van der Waals surface area contributed by atoms with E-state index in [0.29, 0.717) is 0 Å². The van der Waals surface area contributed by atoms with E-state index >= 15 is 0 Å². The molecule has 0 heterocycles. The van der Waals surface area contributed by atoms with Crippen LogP contribution in [0, 0.1) is 16.0 Å². The van der Waals surface area contributed by atoms with Crippen molar-refractivity contribution in [3.63, 3.8) is 0 Å². The second-order valence-electron chi connectivity index (χ2n) is 4.03. The third kappa shape index (κ3) is 3.18. The Morgan fingerprint density at radius 1 is 1.50 bits per heavy atom. The number of halogens is 1. The number of rotatable bonds is 4. The molecule has 0 radical (unpaired) electrons. The Balaban J connectivity index is 2.96. The predicted octanol–water partition coefficient (Wildman–Crippen LogP) is 2.17. The summed E-state index contributed by atoms with van der Waals surface area (Å²) in [5.41, 5.74) is 5.57. The first-order valence-corrected chi connectivity index (χ1v) is 5.71. The summed E-state index contributed by atoms with van der Waals surface area (Å²) in [5.74, 6) is -0.743. The van der Waals surface area contributed by atoms with E-state index in [-0.39, 0.29) is 28.3 Å². The summed E-state index contributed by atoms with van der Waals surface area (Å²) in [6.45, 7) is 3.38. The number of amides is 1. The van der Waals surface area contributed by atoms with Crippen LogP contribution < -0.4 is 11.1 Å². The predicted molar refractivity (Wildman–Crippen MR) is 69.5 cm³/mol. The van der Waals surface area contributed by atoms with E-state index in [1.54, 1.807) is 13.8 Å². The Hall–Kier alpha value is -1.66. The van der Waals surface area contributed by atoms with E-state index in [2.05, 4.69) is 5.32 Å². The number of nitro benzene ring substituents is 1. The van der Waals surface area contributed by atoms with E-state index in [1.165, 1.54) is 18.2 Å². The van der Waals surface area contributed by atoms with Crippen LogP contribution in [-0.2, 0) is 4.79 Å². The lowest BCUT2D eigenvalue weighted by atomic mass is 10.0. The monoisotopic (exact) mass is 271 g/mol. The Morgan fingerprint density at radius 2 is 2.11 bits per heavy atom. The van der Waals surface area contributed by atoms with Crippen LogP contribution >= 0.6 is 11.6 Å². The standard InChI is InChI=1S/C11H14ClN3O3/c1-6(7(2)13)11(16)14-8-4-3-5-9(10(8)12)15(17)18/h3-7H,13H2,1-2H3,(H,14,16). The molecule has 1 aromatic carbocycles. The number of hydrogen-bond donors (Lipinski definition) is 2. The van der Waals surface area contributed by atoms with Crippen molar-refractivity contribution in [2.75, 3.05) is 5.32 Å². The number of carbonyl (C=O) groups is 1. The second kappa shape index (κ2) is 5.79. The minimum atomic E-state index is -0.604. The van der Waals surface area contributed by atoms with E-state index < -0.39 is 10.8 Å². The summed E-state index contributed by atoms with van der Waals surface area (Å²) in [5, 5.41) is 13.1. The van der Waals surface area contributed by atoms with Crippen molar-refractivity contribution in [1.82, 2.24) is 0 Å². The maximum Gasteiger partial charge on any atom is 0.290 e. The van der Waals surface area contributed by atoms with Gasteiger partial charge in [-0.3, -0.25) is 14.9 Å². The molecule has 0 aliphatic carbocycles. The summed E-state index contributed by atoms with van der Waals surface area (Å²) >= 11 is 5.84. The van der Waals surface area contributed by atoms with Gasteiger partial charge in [-0.1, -0.05) is 24.6 Å². The van der Waals surface area contributed by atoms with Crippen molar-refractivity contribution in [2.45, 2.75) is 19.9 Å². The molecular weight excluding hydrogens is 258 g/mol. The molecule has 0 saturated carbocycles. The van der Waals surface area contributed by atoms with Crippen molar-refractivity contribution in [3.8, 4) is 0 Å². The van der Waals surface area contributed by atoms with Crippen LogP contribution in [0.5, 0.6) is 0 Å². The quantitative estimate of drug-likeness (QED) is 0.647. The van der Waals surface area contributed by atoms with E-state index in [0.717, 1.165) is 0 Å². The van der Waals surface area contributed by atoms with Gasteiger partial charge in [-0.2, -0.15) is 0 Å². The third-order valence-corrected chi connectivity index (χ3v) is 3.03. The average Bonchev–Trinajstić information content (AvgIpc) is 2.30. The molecule has 0 saturated heterocycles. The number of anilines is 1. The van der Waals surface area contributed by atoms with Gasteiger partial charge in [0.1, 0.15) is 5.02 Å². The van der Waals surface area contributed by atoms with Gasteiger partial charge in [0.05, 0.1) is 16.5 Å². The number of nitrogens with one attached hydrogen (secondary N) is 1. The molecular formula is C11H14ClN3O3. The van der Waals surface area contributed by atoms with Gasteiger partial charge in [-0.25, -0.2) is 0 Å². The molecule has 3 N–H and O–H groups in total. The Bertz CT molecular complexity index is 477. The lowest BCUT2D eigenvalue weighted by Gasteiger charge is -2.15. The Morgan fingerprint density at radius 3 is 2.61 bits per heavy atom. The molecule has 6 nitrogen and oxygen atoms in total. The van der Waals surface area contributed by atoms with Crippen molar-refractivity contribution in [1.29, 1.82) is 0 Å². The van der Waals surface area contributed by atoms with Crippen molar-refractivity contribution in [3.05, 3.63) is 33.3 Å². The first-order valence-electron chi connectivity index (χ1n) is 5.34. The highest BCUT2D eigenvalue weighted by molar-refractivity contribution is 6.35. The molecule has 0 aliphatic heterocycles. The zero-order valence-electron chi connectivity index (χ0n) is 10.0. The molecule has 0 fully saturated rings. The fourth-order valence-electron chi connectivity index (χ4n) is 1.24.